The van der Waals surface area contributed by atoms with Crippen LogP contribution in [0.4, 0.5) is 33.3 Å². The summed E-state index contributed by atoms with van der Waals surface area (Å²) in [6, 6.07) is 1.09. The zero-order chi connectivity index (χ0) is 26.3. The molecule has 0 radical (unpaired) electrons. The Morgan fingerprint density at radius 1 is 1.29 bits per heavy atom. The number of nitrogens with zero attached hydrogens (tertiary/aromatic N) is 2. The van der Waals surface area contributed by atoms with E-state index < -0.39 is 63.3 Å². The monoisotopic (exact) mass is 522 g/mol. The molecule has 2 N–H and O–H groups in total. The molecule has 4 unspecified atom stereocenters. The van der Waals surface area contributed by atoms with Crippen LogP contribution in [0.5, 0.6) is 5.75 Å². The van der Waals surface area contributed by atoms with E-state index in [2.05, 4.69) is 10.3 Å². The first-order valence-electron chi connectivity index (χ1n) is 10.1. The number of nitrogens with one attached hydrogen (secondary N) is 2. The molecule has 1 fully saturated rings. The van der Waals surface area contributed by atoms with E-state index in [0.29, 0.717) is 0 Å². The Bertz CT molecular complexity index is 1240. The maximum Gasteiger partial charge on any atom is 0.419 e. The fourth-order valence-corrected chi connectivity index (χ4v) is 4.83. The average Bonchev–Trinajstić information content (AvgIpc) is 3.08. The zero-order valence-corrected chi connectivity index (χ0v) is 19.9. The standard InChI is InChI=1S/C21H23F5N4O4S/c1-11-20(34-3,21(24,25)26)10-15(30(11)14-6-5-13(22)17(23)18(14)33-2)19(31)29-12-7-8-28-16(9-12)35(4,27)32/h5-9,11,15,27H,10H2,1-4H3,(H,28,29,31). The fourth-order valence-electron chi connectivity index (χ4n) is 4.21. The Balaban J connectivity index is 2.12. The van der Waals surface area contributed by atoms with Gasteiger partial charge in [-0.2, -0.15) is 17.6 Å². The number of carbonyl (C=O) groups is 1. The lowest BCUT2D eigenvalue weighted by atomic mass is 9.92. The normalized spacial score (nSPS) is 24.2. The van der Waals surface area contributed by atoms with Crippen LogP contribution in [-0.4, -0.2) is 59.4 Å². The molecule has 0 bridgehead atoms. The largest absolute Gasteiger partial charge is 0.491 e. The van der Waals surface area contributed by atoms with Gasteiger partial charge in [0.1, 0.15) is 11.1 Å². The van der Waals surface area contributed by atoms with Crippen LogP contribution in [-0.2, 0) is 19.3 Å². The van der Waals surface area contributed by atoms with Crippen LogP contribution in [0.1, 0.15) is 13.3 Å². The van der Waals surface area contributed by atoms with Crippen LogP contribution in [0.2, 0.25) is 0 Å². The summed E-state index contributed by atoms with van der Waals surface area (Å²) in [5.41, 5.74) is -3.07. The molecule has 14 heteroatoms. The van der Waals surface area contributed by atoms with Crippen LogP contribution >= 0.6 is 0 Å². The molecule has 0 spiro atoms. The molecule has 4 atom stereocenters. The van der Waals surface area contributed by atoms with E-state index in [1.807, 2.05) is 0 Å². The second-order valence-electron chi connectivity index (χ2n) is 8.02. The SMILES string of the molecule is COc1c(N2C(C(=O)Nc3ccnc(S(C)(=N)=O)c3)CC(OC)(C(F)(F)F)C2C)ccc(F)c1F. The number of carbonyl (C=O) groups excluding carboxylic acids is 1. The molecule has 8 nitrogen and oxygen atoms in total. The molecule has 1 aromatic heterocycles. The number of anilines is 2. The Kier molecular flexibility index (Phi) is 7.01. The van der Waals surface area contributed by atoms with E-state index in [1.165, 1.54) is 18.3 Å². The molecule has 0 saturated carbocycles. The first-order chi connectivity index (χ1) is 16.2. The average molecular weight is 522 g/mol. The molecule has 192 valence electrons. The van der Waals surface area contributed by atoms with Gasteiger partial charge < -0.3 is 19.7 Å². The maximum absolute atomic E-state index is 14.4. The third-order valence-electron chi connectivity index (χ3n) is 5.98. The lowest BCUT2D eigenvalue weighted by Crippen LogP contribution is -2.55. The molecule has 2 aromatic rings. The first kappa shape index (κ1) is 26.6. The Hall–Kier alpha value is -3.00. The van der Waals surface area contributed by atoms with Gasteiger partial charge in [-0.3, -0.25) is 4.79 Å². The van der Waals surface area contributed by atoms with Crippen molar-refractivity contribution < 1.29 is 40.4 Å². The summed E-state index contributed by atoms with van der Waals surface area (Å²) in [6.45, 7) is 1.15. The van der Waals surface area contributed by atoms with E-state index >= 15 is 0 Å². The van der Waals surface area contributed by atoms with Crippen molar-refractivity contribution in [2.45, 2.75) is 42.2 Å². The molecule has 2 heterocycles. The van der Waals surface area contributed by atoms with E-state index in [1.54, 1.807) is 0 Å². The lowest BCUT2D eigenvalue weighted by Gasteiger charge is -2.37. The number of rotatable bonds is 6. The van der Waals surface area contributed by atoms with Crippen molar-refractivity contribution in [2.24, 2.45) is 0 Å². The molecule has 1 saturated heterocycles. The number of halogens is 5. The molecular weight excluding hydrogens is 499 g/mol. The van der Waals surface area contributed by atoms with Crippen LogP contribution in [0.3, 0.4) is 0 Å². The van der Waals surface area contributed by atoms with Gasteiger partial charge in [0, 0.05) is 31.7 Å². The highest BCUT2D eigenvalue weighted by atomic mass is 32.2. The van der Waals surface area contributed by atoms with Gasteiger partial charge in [-0.15, -0.1) is 0 Å². The van der Waals surface area contributed by atoms with Gasteiger partial charge in [-0.1, -0.05) is 0 Å². The summed E-state index contributed by atoms with van der Waals surface area (Å²) >= 11 is 0. The number of benzene rings is 1. The van der Waals surface area contributed by atoms with E-state index in [-0.39, 0.29) is 16.4 Å². The molecule has 1 amide bonds. The van der Waals surface area contributed by atoms with E-state index in [0.717, 1.165) is 44.4 Å². The lowest BCUT2D eigenvalue weighted by molar-refractivity contribution is -0.270. The van der Waals surface area contributed by atoms with Gasteiger partial charge >= 0.3 is 6.18 Å². The minimum absolute atomic E-state index is 0.0357. The van der Waals surface area contributed by atoms with Gasteiger partial charge in [-0.05, 0) is 31.2 Å². The number of methoxy groups -OCH3 is 2. The minimum Gasteiger partial charge on any atom is -0.491 e. The summed E-state index contributed by atoms with van der Waals surface area (Å²) in [4.78, 5) is 18.1. The molecule has 1 aliphatic heterocycles. The predicted molar refractivity (Wildman–Crippen MR) is 117 cm³/mol. The second kappa shape index (κ2) is 9.22. The minimum atomic E-state index is -4.93. The van der Waals surface area contributed by atoms with Crippen LogP contribution in [0, 0.1) is 16.4 Å². The third-order valence-corrected chi connectivity index (χ3v) is 7.01. The van der Waals surface area contributed by atoms with Crippen molar-refractivity contribution >= 4 is 27.0 Å². The van der Waals surface area contributed by atoms with Gasteiger partial charge in [0.2, 0.25) is 11.7 Å². The molecular formula is C21H23F5N4O4S. The summed E-state index contributed by atoms with van der Waals surface area (Å²) in [7, 11) is -1.36. The maximum atomic E-state index is 14.4. The Labute approximate surface area is 198 Å². The number of amides is 1. The highest BCUT2D eigenvalue weighted by Crippen LogP contribution is 2.50. The van der Waals surface area contributed by atoms with Gasteiger partial charge in [0.05, 0.1) is 28.6 Å². The molecule has 35 heavy (non-hydrogen) atoms. The second-order valence-corrected chi connectivity index (χ2v) is 10.1. The number of ether oxygens (including phenoxy) is 2. The van der Waals surface area contributed by atoms with E-state index in [4.69, 9.17) is 14.3 Å². The van der Waals surface area contributed by atoms with Crippen molar-refractivity contribution in [2.75, 3.05) is 30.7 Å². The molecule has 3 rings (SSSR count). The van der Waals surface area contributed by atoms with Crippen molar-refractivity contribution in [1.82, 2.24) is 4.98 Å². The van der Waals surface area contributed by atoms with Crippen LogP contribution in [0.15, 0.2) is 35.5 Å². The summed E-state index contributed by atoms with van der Waals surface area (Å²) < 4.78 is 100. The van der Waals surface area contributed by atoms with Crippen molar-refractivity contribution in [3.05, 3.63) is 42.1 Å². The molecule has 1 aromatic carbocycles. The highest BCUT2D eigenvalue weighted by molar-refractivity contribution is 7.91. The van der Waals surface area contributed by atoms with Crippen LogP contribution < -0.4 is 15.0 Å². The van der Waals surface area contributed by atoms with E-state index in [9.17, 15) is 31.0 Å². The number of hydrogen-bond acceptors (Lipinski definition) is 7. The topological polar surface area (TPSA) is 105 Å². The summed E-state index contributed by atoms with van der Waals surface area (Å²) in [5, 5.41) is 2.29. The van der Waals surface area contributed by atoms with Crippen molar-refractivity contribution in [1.29, 1.82) is 4.78 Å². The summed E-state index contributed by atoms with van der Waals surface area (Å²) in [6.07, 6.45) is -3.50. The molecule has 0 aliphatic carbocycles. The van der Waals surface area contributed by atoms with Crippen molar-refractivity contribution in [3.8, 4) is 5.75 Å². The van der Waals surface area contributed by atoms with Gasteiger partial charge in [-0.25, -0.2) is 18.4 Å². The number of alkyl halides is 3. The third kappa shape index (κ3) is 4.63. The van der Waals surface area contributed by atoms with Crippen molar-refractivity contribution in [3.63, 3.8) is 0 Å². The number of aromatic nitrogens is 1. The first-order valence-corrected chi connectivity index (χ1v) is 12.1. The molecule has 1 aliphatic rings. The van der Waals surface area contributed by atoms with Gasteiger partial charge in [0.15, 0.2) is 17.2 Å². The van der Waals surface area contributed by atoms with Crippen LogP contribution in [0.25, 0.3) is 0 Å². The zero-order valence-electron chi connectivity index (χ0n) is 19.1. The van der Waals surface area contributed by atoms with Gasteiger partial charge in [0.25, 0.3) is 0 Å². The predicted octanol–water partition coefficient (Wildman–Crippen LogP) is 3.96. The quantitative estimate of drug-likeness (QED) is 0.557. The number of hydrogen-bond donors (Lipinski definition) is 2. The Morgan fingerprint density at radius 3 is 2.49 bits per heavy atom. The fraction of sp³-hybridized carbons (Fsp3) is 0.429. The number of pyridine rings is 1. The summed E-state index contributed by atoms with van der Waals surface area (Å²) in [5.74, 6) is -4.31. The smallest absolute Gasteiger partial charge is 0.419 e. The highest BCUT2D eigenvalue weighted by Gasteiger charge is 2.67. The Morgan fingerprint density at radius 2 is 1.94 bits per heavy atom.